The van der Waals surface area contributed by atoms with Gasteiger partial charge in [-0.2, -0.15) is 0 Å². The van der Waals surface area contributed by atoms with Crippen molar-refractivity contribution in [2.45, 2.75) is 26.2 Å². The zero-order valence-electron chi connectivity index (χ0n) is 11.8. The smallest absolute Gasteiger partial charge is 0.228 e. The lowest BCUT2D eigenvalue weighted by molar-refractivity contribution is -0.119. The number of nitrogens with one attached hydrogen (secondary N) is 2. The van der Waals surface area contributed by atoms with Crippen molar-refractivity contribution in [1.29, 1.82) is 0 Å². The summed E-state index contributed by atoms with van der Waals surface area (Å²) in [6.45, 7) is 5.76. The van der Waals surface area contributed by atoms with Gasteiger partial charge in [-0.05, 0) is 31.2 Å². The molecule has 1 aliphatic heterocycles. The molecule has 1 aromatic carbocycles. The van der Waals surface area contributed by atoms with Crippen molar-refractivity contribution in [2.24, 2.45) is 5.92 Å². The van der Waals surface area contributed by atoms with Crippen LogP contribution < -0.4 is 10.6 Å². The number of hydrogen-bond acceptors (Lipinski definition) is 4. The summed E-state index contributed by atoms with van der Waals surface area (Å²) >= 11 is 0. The minimum absolute atomic E-state index is 0.0641. The van der Waals surface area contributed by atoms with Crippen LogP contribution in [0.2, 0.25) is 0 Å². The maximum absolute atomic E-state index is 12.1. The Balaban J connectivity index is 1.79. The first kappa shape index (κ1) is 13.1. The molecule has 0 radical (unpaired) electrons. The Morgan fingerprint density at radius 2 is 2.35 bits per heavy atom. The number of carbonyl (C=O) groups is 1. The summed E-state index contributed by atoms with van der Waals surface area (Å²) in [5.74, 6) is 1.12. The van der Waals surface area contributed by atoms with Crippen molar-refractivity contribution in [2.75, 3.05) is 18.4 Å². The summed E-state index contributed by atoms with van der Waals surface area (Å²) in [6.07, 6.45) is 0.898. The van der Waals surface area contributed by atoms with Gasteiger partial charge in [-0.25, -0.2) is 4.98 Å². The van der Waals surface area contributed by atoms with Crippen molar-refractivity contribution in [3.8, 4) is 0 Å². The highest BCUT2D eigenvalue weighted by Gasteiger charge is 2.22. The average Bonchev–Trinajstić information content (AvgIpc) is 3.07. The van der Waals surface area contributed by atoms with E-state index in [1.54, 1.807) is 0 Å². The fourth-order valence-corrected chi connectivity index (χ4v) is 2.39. The molecule has 20 heavy (non-hydrogen) atoms. The second-order valence-corrected chi connectivity index (χ2v) is 5.57. The van der Waals surface area contributed by atoms with Gasteiger partial charge in [0.15, 0.2) is 11.5 Å². The van der Waals surface area contributed by atoms with Crippen LogP contribution in [0, 0.1) is 5.92 Å². The Bertz CT molecular complexity index is 627. The minimum atomic E-state index is 0.0641. The third kappa shape index (κ3) is 2.54. The summed E-state index contributed by atoms with van der Waals surface area (Å²) in [5, 5.41) is 6.15. The van der Waals surface area contributed by atoms with E-state index in [-0.39, 0.29) is 17.7 Å². The first-order chi connectivity index (χ1) is 9.63. The molecule has 1 unspecified atom stereocenters. The highest BCUT2D eigenvalue weighted by atomic mass is 16.3. The Kier molecular flexibility index (Phi) is 3.44. The van der Waals surface area contributed by atoms with Crippen LogP contribution in [0.5, 0.6) is 0 Å². The fraction of sp³-hybridized carbons (Fsp3) is 0.467. The molecule has 0 spiro atoms. The van der Waals surface area contributed by atoms with Crippen LogP contribution in [-0.2, 0) is 4.79 Å². The number of carbonyl (C=O) groups excluding carboxylic acids is 1. The van der Waals surface area contributed by atoms with E-state index >= 15 is 0 Å². The number of anilines is 1. The number of nitrogens with zero attached hydrogens (tertiary/aromatic N) is 1. The molecule has 5 heteroatoms. The largest absolute Gasteiger partial charge is 0.440 e. The SMILES string of the molecule is CC(C)c1nc2cc(NC(=O)C3CCNC3)ccc2o1. The molecule has 2 heterocycles. The van der Waals surface area contributed by atoms with E-state index in [2.05, 4.69) is 15.6 Å². The Hall–Kier alpha value is -1.88. The molecule has 0 bridgehead atoms. The van der Waals surface area contributed by atoms with Crippen LogP contribution >= 0.6 is 0 Å². The lowest BCUT2D eigenvalue weighted by Gasteiger charge is -2.09. The molecule has 5 nitrogen and oxygen atoms in total. The van der Waals surface area contributed by atoms with Gasteiger partial charge in [-0.15, -0.1) is 0 Å². The number of aromatic nitrogens is 1. The number of hydrogen-bond donors (Lipinski definition) is 2. The highest BCUT2D eigenvalue weighted by Crippen LogP contribution is 2.24. The van der Waals surface area contributed by atoms with Crippen LogP contribution in [0.15, 0.2) is 22.6 Å². The summed E-state index contributed by atoms with van der Waals surface area (Å²) in [6, 6.07) is 5.58. The quantitative estimate of drug-likeness (QED) is 0.901. The average molecular weight is 273 g/mol. The number of benzene rings is 1. The molecular weight excluding hydrogens is 254 g/mol. The molecule has 1 atom stereocenters. The number of fused-ring (bicyclic) bond motifs is 1. The molecular formula is C15H19N3O2. The predicted octanol–water partition coefficient (Wildman–Crippen LogP) is 2.50. The van der Waals surface area contributed by atoms with Crippen molar-refractivity contribution in [3.05, 3.63) is 24.1 Å². The first-order valence-corrected chi connectivity index (χ1v) is 7.05. The van der Waals surface area contributed by atoms with Crippen LogP contribution in [-0.4, -0.2) is 24.0 Å². The zero-order chi connectivity index (χ0) is 14.1. The lowest BCUT2D eigenvalue weighted by atomic mass is 10.1. The van der Waals surface area contributed by atoms with Crippen LogP contribution in [0.4, 0.5) is 5.69 Å². The fourth-order valence-electron chi connectivity index (χ4n) is 2.39. The van der Waals surface area contributed by atoms with Gasteiger partial charge in [-0.3, -0.25) is 4.79 Å². The lowest BCUT2D eigenvalue weighted by Crippen LogP contribution is -2.24. The summed E-state index contributed by atoms with van der Waals surface area (Å²) in [7, 11) is 0. The van der Waals surface area contributed by atoms with E-state index < -0.39 is 0 Å². The van der Waals surface area contributed by atoms with Gasteiger partial charge in [0.25, 0.3) is 0 Å². The molecule has 2 aromatic rings. The molecule has 3 rings (SSSR count). The third-order valence-corrected chi connectivity index (χ3v) is 3.60. The summed E-state index contributed by atoms with van der Waals surface area (Å²) in [4.78, 5) is 16.5. The van der Waals surface area contributed by atoms with Crippen molar-refractivity contribution < 1.29 is 9.21 Å². The second kappa shape index (κ2) is 5.25. The van der Waals surface area contributed by atoms with Crippen LogP contribution in [0.1, 0.15) is 32.1 Å². The van der Waals surface area contributed by atoms with Crippen molar-refractivity contribution in [3.63, 3.8) is 0 Å². The molecule has 1 saturated heterocycles. The summed E-state index contributed by atoms with van der Waals surface area (Å²) in [5.41, 5.74) is 2.32. The predicted molar refractivity (Wildman–Crippen MR) is 77.7 cm³/mol. The van der Waals surface area contributed by atoms with Gasteiger partial charge in [-0.1, -0.05) is 13.8 Å². The summed E-state index contributed by atoms with van der Waals surface area (Å²) < 4.78 is 5.66. The van der Waals surface area contributed by atoms with E-state index in [1.807, 2.05) is 32.0 Å². The normalized spacial score (nSPS) is 18.9. The van der Waals surface area contributed by atoms with Crippen LogP contribution in [0.25, 0.3) is 11.1 Å². The second-order valence-electron chi connectivity index (χ2n) is 5.57. The van der Waals surface area contributed by atoms with Gasteiger partial charge in [0, 0.05) is 18.2 Å². The topological polar surface area (TPSA) is 67.2 Å². The van der Waals surface area contributed by atoms with E-state index in [9.17, 15) is 4.79 Å². The maximum Gasteiger partial charge on any atom is 0.228 e. The van der Waals surface area contributed by atoms with Gasteiger partial charge in [0.05, 0.1) is 5.92 Å². The van der Waals surface area contributed by atoms with E-state index in [0.29, 0.717) is 0 Å². The highest BCUT2D eigenvalue weighted by molar-refractivity contribution is 5.94. The molecule has 0 aliphatic carbocycles. The van der Waals surface area contributed by atoms with Crippen molar-refractivity contribution in [1.82, 2.24) is 10.3 Å². The molecule has 1 aromatic heterocycles. The van der Waals surface area contributed by atoms with E-state index in [1.165, 1.54) is 0 Å². The zero-order valence-corrected chi connectivity index (χ0v) is 11.8. The number of amides is 1. The molecule has 1 amide bonds. The van der Waals surface area contributed by atoms with Gasteiger partial charge in [0.1, 0.15) is 5.52 Å². The van der Waals surface area contributed by atoms with Gasteiger partial charge < -0.3 is 15.1 Å². The Morgan fingerprint density at radius 1 is 1.50 bits per heavy atom. The molecule has 0 saturated carbocycles. The first-order valence-electron chi connectivity index (χ1n) is 7.05. The van der Waals surface area contributed by atoms with Gasteiger partial charge >= 0.3 is 0 Å². The Labute approximate surface area is 117 Å². The number of rotatable bonds is 3. The van der Waals surface area contributed by atoms with Crippen LogP contribution in [0.3, 0.4) is 0 Å². The van der Waals surface area contributed by atoms with E-state index in [4.69, 9.17) is 4.42 Å². The van der Waals surface area contributed by atoms with Crippen molar-refractivity contribution >= 4 is 22.7 Å². The third-order valence-electron chi connectivity index (χ3n) is 3.60. The molecule has 2 N–H and O–H groups in total. The number of oxazole rings is 1. The Morgan fingerprint density at radius 3 is 3.05 bits per heavy atom. The van der Waals surface area contributed by atoms with E-state index in [0.717, 1.165) is 42.2 Å². The van der Waals surface area contributed by atoms with Gasteiger partial charge in [0.2, 0.25) is 5.91 Å². The monoisotopic (exact) mass is 273 g/mol. The standard InChI is InChI=1S/C15H19N3O2/c1-9(2)15-18-12-7-11(3-4-13(12)20-15)17-14(19)10-5-6-16-8-10/h3-4,7,9-10,16H,5-6,8H2,1-2H3,(H,17,19). The molecule has 106 valence electrons. The molecule has 1 fully saturated rings. The maximum atomic E-state index is 12.1. The molecule has 1 aliphatic rings. The minimum Gasteiger partial charge on any atom is -0.440 e.